The van der Waals surface area contributed by atoms with Crippen LogP contribution in [0.3, 0.4) is 0 Å². The molecular weight excluding hydrogens is 230 g/mol. The molecule has 0 aliphatic carbocycles. The van der Waals surface area contributed by atoms with Crippen molar-refractivity contribution in [1.82, 2.24) is 15.1 Å². The second-order valence-electron chi connectivity index (χ2n) is 4.89. The molecule has 0 aromatic carbocycles. The molecule has 1 aliphatic rings. The maximum atomic E-state index is 12.5. The second-order valence-corrected chi connectivity index (χ2v) is 4.89. The van der Waals surface area contributed by atoms with Gasteiger partial charge < -0.3 is 15.0 Å². The second kappa shape index (κ2) is 7.71. The van der Waals surface area contributed by atoms with Crippen molar-refractivity contribution in [1.29, 1.82) is 0 Å². The molecule has 0 aromatic rings. The standard InChI is InChI=1S/C13H27N3O2/c1-5-16(11(2)10-18-4)13(17)12(3)15-8-6-14-7-9-15/h11-12,14H,5-10H2,1-4H3. The molecule has 1 N–H and O–H groups in total. The third-order valence-electron chi connectivity index (χ3n) is 3.62. The van der Waals surface area contributed by atoms with Crippen LogP contribution in [0.25, 0.3) is 0 Å². The highest BCUT2D eigenvalue weighted by Crippen LogP contribution is 2.09. The zero-order chi connectivity index (χ0) is 13.5. The van der Waals surface area contributed by atoms with Gasteiger partial charge in [0.05, 0.1) is 18.7 Å². The lowest BCUT2D eigenvalue weighted by Gasteiger charge is -2.36. The largest absolute Gasteiger partial charge is 0.383 e. The molecule has 0 spiro atoms. The van der Waals surface area contributed by atoms with Crippen LogP contribution in [0.4, 0.5) is 0 Å². The quantitative estimate of drug-likeness (QED) is 0.736. The summed E-state index contributed by atoms with van der Waals surface area (Å²) in [6.45, 7) is 11.2. The molecule has 1 amide bonds. The minimum absolute atomic E-state index is 0.0358. The van der Waals surface area contributed by atoms with E-state index < -0.39 is 0 Å². The van der Waals surface area contributed by atoms with Gasteiger partial charge in [-0.1, -0.05) is 0 Å². The van der Waals surface area contributed by atoms with E-state index in [4.69, 9.17) is 4.74 Å². The molecule has 1 saturated heterocycles. The number of nitrogens with zero attached hydrogens (tertiary/aromatic N) is 2. The van der Waals surface area contributed by atoms with Crippen molar-refractivity contribution in [3.05, 3.63) is 0 Å². The normalized spacial score (nSPS) is 20.4. The predicted molar refractivity (Wildman–Crippen MR) is 72.6 cm³/mol. The van der Waals surface area contributed by atoms with Crippen molar-refractivity contribution in [2.75, 3.05) is 46.4 Å². The van der Waals surface area contributed by atoms with Gasteiger partial charge in [-0.05, 0) is 20.8 Å². The van der Waals surface area contributed by atoms with Crippen LogP contribution in [0, 0.1) is 0 Å². The summed E-state index contributed by atoms with van der Waals surface area (Å²) in [5.74, 6) is 0.212. The van der Waals surface area contributed by atoms with Crippen LogP contribution < -0.4 is 5.32 Å². The van der Waals surface area contributed by atoms with Gasteiger partial charge in [0.15, 0.2) is 0 Å². The average molecular weight is 257 g/mol. The molecule has 1 rings (SSSR count). The van der Waals surface area contributed by atoms with Gasteiger partial charge >= 0.3 is 0 Å². The smallest absolute Gasteiger partial charge is 0.239 e. The zero-order valence-electron chi connectivity index (χ0n) is 12.1. The van der Waals surface area contributed by atoms with Crippen molar-refractivity contribution >= 4 is 5.91 Å². The Morgan fingerprint density at radius 3 is 2.50 bits per heavy atom. The first-order valence-electron chi connectivity index (χ1n) is 6.86. The third-order valence-corrected chi connectivity index (χ3v) is 3.62. The van der Waals surface area contributed by atoms with E-state index >= 15 is 0 Å². The topological polar surface area (TPSA) is 44.8 Å². The summed E-state index contributed by atoms with van der Waals surface area (Å²) in [5, 5.41) is 3.31. The SMILES string of the molecule is CCN(C(=O)C(C)N1CCNCC1)C(C)COC. The van der Waals surface area contributed by atoms with Crippen molar-refractivity contribution in [3.63, 3.8) is 0 Å². The number of methoxy groups -OCH3 is 1. The van der Waals surface area contributed by atoms with Crippen molar-refractivity contribution in [2.24, 2.45) is 0 Å². The molecule has 18 heavy (non-hydrogen) atoms. The summed E-state index contributed by atoms with van der Waals surface area (Å²) in [4.78, 5) is 16.7. The summed E-state index contributed by atoms with van der Waals surface area (Å²) in [5.41, 5.74) is 0. The molecule has 0 aromatic heterocycles. The van der Waals surface area contributed by atoms with Crippen LogP contribution in [-0.2, 0) is 9.53 Å². The number of hydrogen-bond donors (Lipinski definition) is 1. The molecule has 5 nitrogen and oxygen atoms in total. The Hall–Kier alpha value is -0.650. The van der Waals surface area contributed by atoms with Gasteiger partial charge in [0.1, 0.15) is 0 Å². The average Bonchev–Trinajstić information content (AvgIpc) is 2.40. The molecule has 0 bridgehead atoms. The monoisotopic (exact) mass is 257 g/mol. The van der Waals surface area contributed by atoms with Gasteiger partial charge in [0.2, 0.25) is 5.91 Å². The molecule has 2 unspecified atom stereocenters. The number of rotatable bonds is 6. The first-order chi connectivity index (χ1) is 8.61. The van der Waals surface area contributed by atoms with E-state index in [0.29, 0.717) is 6.61 Å². The van der Waals surface area contributed by atoms with Crippen molar-refractivity contribution in [2.45, 2.75) is 32.9 Å². The zero-order valence-corrected chi connectivity index (χ0v) is 12.1. The fourth-order valence-electron chi connectivity index (χ4n) is 2.48. The predicted octanol–water partition coefficient (Wildman–Crippen LogP) is 0.164. The minimum atomic E-state index is -0.0358. The Morgan fingerprint density at radius 2 is 2.00 bits per heavy atom. The molecular formula is C13H27N3O2. The molecule has 1 aliphatic heterocycles. The maximum absolute atomic E-state index is 12.5. The van der Waals surface area contributed by atoms with Crippen LogP contribution in [0.5, 0.6) is 0 Å². The Bertz CT molecular complexity index is 255. The van der Waals surface area contributed by atoms with E-state index in [9.17, 15) is 4.79 Å². The summed E-state index contributed by atoms with van der Waals surface area (Å²) in [6.07, 6.45) is 0. The molecule has 0 radical (unpaired) electrons. The molecule has 5 heteroatoms. The van der Waals surface area contributed by atoms with Gasteiger partial charge in [-0.15, -0.1) is 0 Å². The van der Waals surface area contributed by atoms with E-state index in [1.165, 1.54) is 0 Å². The Labute approximate surface area is 110 Å². The fourth-order valence-corrected chi connectivity index (χ4v) is 2.48. The Balaban J connectivity index is 2.58. The number of hydrogen-bond acceptors (Lipinski definition) is 4. The number of amides is 1. The highest BCUT2D eigenvalue weighted by Gasteiger charge is 2.28. The van der Waals surface area contributed by atoms with Crippen LogP contribution >= 0.6 is 0 Å². The van der Waals surface area contributed by atoms with Gasteiger partial charge in [0, 0.05) is 39.8 Å². The van der Waals surface area contributed by atoms with E-state index in [2.05, 4.69) is 10.2 Å². The molecule has 106 valence electrons. The van der Waals surface area contributed by atoms with Crippen LogP contribution in [0.2, 0.25) is 0 Å². The highest BCUT2D eigenvalue weighted by molar-refractivity contribution is 5.81. The summed E-state index contributed by atoms with van der Waals surface area (Å²) in [7, 11) is 1.68. The van der Waals surface area contributed by atoms with Gasteiger partial charge in [-0.25, -0.2) is 0 Å². The Kier molecular flexibility index (Phi) is 6.60. The first-order valence-corrected chi connectivity index (χ1v) is 6.86. The molecule has 1 fully saturated rings. The molecule has 0 saturated carbocycles. The number of carbonyl (C=O) groups excluding carboxylic acids is 1. The van der Waals surface area contributed by atoms with Crippen molar-refractivity contribution in [3.8, 4) is 0 Å². The first kappa shape index (κ1) is 15.4. The van der Waals surface area contributed by atoms with E-state index in [0.717, 1.165) is 32.7 Å². The summed E-state index contributed by atoms with van der Waals surface area (Å²) in [6, 6.07) is 0.101. The minimum Gasteiger partial charge on any atom is -0.383 e. The Morgan fingerprint density at radius 1 is 1.39 bits per heavy atom. The lowest BCUT2D eigenvalue weighted by atomic mass is 10.2. The number of piperazine rings is 1. The summed E-state index contributed by atoms with van der Waals surface area (Å²) >= 11 is 0. The lowest BCUT2D eigenvalue weighted by Crippen LogP contribution is -2.55. The maximum Gasteiger partial charge on any atom is 0.239 e. The summed E-state index contributed by atoms with van der Waals surface area (Å²) < 4.78 is 5.14. The van der Waals surface area contributed by atoms with E-state index in [1.807, 2.05) is 25.7 Å². The number of likely N-dealkylation sites (N-methyl/N-ethyl adjacent to an activating group) is 1. The van der Waals surface area contributed by atoms with Crippen molar-refractivity contribution < 1.29 is 9.53 Å². The number of carbonyl (C=O) groups is 1. The fraction of sp³-hybridized carbons (Fsp3) is 0.923. The van der Waals surface area contributed by atoms with Crippen LogP contribution in [-0.4, -0.2) is 74.2 Å². The number of ether oxygens (including phenoxy) is 1. The van der Waals surface area contributed by atoms with Gasteiger partial charge in [0.25, 0.3) is 0 Å². The highest BCUT2D eigenvalue weighted by atomic mass is 16.5. The third kappa shape index (κ3) is 3.93. The van der Waals surface area contributed by atoms with Gasteiger partial charge in [-0.3, -0.25) is 9.69 Å². The van der Waals surface area contributed by atoms with E-state index in [-0.39, 0.29) is 18.0 Å². The van der Waals surface area contributed by atoms with Crippen LogP contribution in [0.15, 0.2) is 0 Å². The lowest BCUT2D eigenvalue weighted by molar-refractivity contribution is -0.139. The molecule has 2 atom stereocenters. The van der Waals surface area contributed by atoms with Crippen LogP contribution in [0.1, 0.15) is 20.8 Å². The van der Waals surface area contributed by atoms with Gasteiger partial charge in [-0.2, -0.15) is 0 Å². The number of nitrogens with one attached hydrogen (secondary N) is 1. The van der Waals surface area contributed by atoms with E-state index in [1.54, 1.807) is 7.11 Å². The molecule has 1 heterocycles.